The highest BCUT2D eigenvalue weighted by Gasteiger charge is 2.17. The number of hydrogen-bond acceptors (Lipinski definition) is 7. The molecule has 0 aliphatic carbocycles. The number of para-hydroxylation sites is 1. The Bertz CT molecular complexity index is 1390. The second-order valence-corrected chi connectivity index (χ2v) is 6.21. The average Bonchev–Trinajstić information content (AvgIpc) is 3.27. The fourth-order valence-corrected chi connectivity index (χ4v) is 3.00. The first kappa shape index (κ1) is 16.1. The summed E-state index contributed by atoms with van der Waals surface area (Å²) in [6.07, 6.45) is 3.13. The quantitative estimate of drug-likeness (QED) is 0.501. The molecule has 0 saturated heterocycles. The normalized spacial score (nSPS) is 11.2. The Labute approximate surface area is 158 Å². The lowest BCUT2D eigenvalue weighted by molar-refractivity contribution is 0.947. The molecule has 1 aromatic carbocycles. The van der Waals surface area contributed by atoms with Crippen molar-refractivity contribution < 1.29 is 0 Å². The lowest BCUT2D eigenvalue weighted by Crippen LogP contribution is -2.11. The third-order valence-electron chi connectivity index (χ3n) is 4.38. The van der Waals surface area contributed by atoms with Gasteiger partial charge in [0.2, 0.25) is 5.95 Å². The van der Waals surface area contributed by atoms with Gasteiger partial charge in [0.1, 0.15) is 5.69 Å². The number of nitrogens with zero attached hydrogens (tertiary/aromatic N) is 6. The predicted octanol–water partition coefficient (Wildman–Crippen LogP) is 2.47. The number of aromatic amines is 1. The maximum absolute atomic E-state index is 12.2. The summed E-state index contributed by atoms with van der Waals surface area (Å²) in [7, 11) is 0. The van der Waals surface area contributed by atoms with Crippen LogP contribution in [0.1, 0.15) is 5.69 Å². The molecule has 0 bridgehead atoms. The fourth-order valence-electron chi connectivity index (χ4n) is 3.00. The van der Waals surface area contributed by atoms with Crippen LogP contribution in [0.5, 0.6) is 0 Å². The molecule has 5 rings (SSSR count). The number of aromatic nitrogens is 7. The van der Waals surface area contributed by atoms with E-state index in [2.05, 4.69) is 30.6 Å². The average molecular weight is 370 g/mol. The largest absolute Gasteiger partial charge is 0.319 e. The predicted molar refractivity (Wildman–Crippen MR) is 104 cm³/mol. The number of H-pyrrole nitrogens is 1. The van der Waals surface area contributed by atoms with Crippen LogP contribution < -0.4 is 10.9 Å². The summed E-state index contributed by atoms with van der Waals surface area (Å²) in [6, 6.07) is 12.7. The number of rotatable bonds is 3. The highest BCUT2D eigenvalue weighted by atomic mass is 16.1. The third-order valence-corrected chi connectivity index (χ3v) is 4.38. The minimum Gasteiger partial charge on any atom is -0.319 e. The fraction of sp³-hybridized carbons (Fsp3) is 0.0526. The van der Waals surface area contributed by atoms with Crippen LogP contribution in [0.4, 0.5) is 11.6 Å². The van der Waals surface area contributed by atoms with Crippen molar-refractivity contribution in [3.05, 3.63) is 70.9 Å². The highest BCUT2D eigenvalue weighted by Crippen LogP contribution is 2.25. The smallest absolute Gasteiger partial charge is 0.293 e. The summed E-state index contributed by atoms with van der Waals surface area (Å²) < 4.78 is 1.59. The summed E-state index contributed by atoms with van der Waals surface area (Å²) in [5, 5.41) is 15.4. The van der Waals surface area contributed by atoms with E-state index < -0.39 is 0 Å². The monoisotopic (exact) mass is 370 g/mol. The molecule has 9 heteroatoms. The molecule has 0 atom stereocenters. The van der Waals surface area contributed by atoms with Crippen molar-refractivity contribution in [3.8, 4) is 11.4 Å². The summed E-state index contributed by atoms with van der Waals surface area (Å²) in [5.74, 6) is 0.894. The molecule has 0 spiro atoms. The number of aryl methyl sites for hydroxylation is 1. The van der Waals surface area contributed by atoms with Gasteiger partial charge in [-0.1, -0.05) is 18.2 Å². The molecular formula is C19H14N8O. The molecule has 0 saturated carbocycles. The van der Waals surface area contributed by atoms with Crippen LogP contribution in [0.3, 0.4) is 0 Å². The van der Waals surface area contributed by atoms with Crippen molar-refractivity contribution in [2.24, 2.45) is 0 Å². The molecule has 0 aliphatic rings. The van der Waals surface area contributed by atoms with Crippen LogP contribution in [-0.4, -0.2) is 34.8 Å². The van der Waals surface area contributed by atoms with E-state index in [1.54, 1.807) is 28.9 Å². The van der Waals surface area contributed by atoms with Gasteiger partial charge in [-0.3, -0.25) is 9.89 Å². The van der Waals surface area contributed by atoms with Gasteiger partial charge in [0, 0.05) is 17.3 Å². The highest BCUT2D eigenvalue weighted by molar-refractivity contribution is 5.93. The minimum atomic E-state index is -0.390. The van der Waals surface area contributed by atoms with Crippen molar-refractivity contribution in [2.75, 3.05) is 5.32 Å². The number of hydrogen-bond donors (Lipinski definition) is 2. The third kappa shape index (κ3) is 2.57. The zero-order valence-electron chi connectivity index (χ0n) is 14.8. The van der Waals surface area contributed by atoms with E-state index >= 15 is 0 Å². The lowest BCUT2D eigenvalue weighted by atomic mass is 10.2. The zero-order valence-corrected chi connectivity index (χ0v) is 14.8. The van der Waals surface area contributed by atoms with Crippen LogP contribution in [0.2, 0.25) is 0 Å². The van der Waals surface area contributed by atoms with Crippen molar-refractivity contribution in [1.29, 1.82) is 0 Å². The standard InChI is InChI=1S/C19H14N8O/c1-11-13(10-21-25-11)16-24-17-12-6-2-3-7-14(12)22-19(27(17)26-16)23-15-8-4-5-9-20-18(15)28/h2-10H,1H3,(H,21,25)(H,20,22,23,28). The number of benzene rings is 1. The number of fused-ring (bicyclic) bond motifs is 3. The van der Waals surface area contributed by atoms with Crippen LogP contribution in [-0.2, 0) is 0 Å². The zero-order chi connectivity index (χ0) is 19.1. The number of anilines is 2. The maximum Gasteiger partial charge on any atom is 0.293 e. The van der Waals surface area contributed by atoms with E-state index in [4.69, 9.17) is 4.98 Å². The van der Waals surface area contributed by atoms with Gasteiger partial charge in [-0.2, -0.15) is 9.61 Å². The van der Waals surface area contributed by atoms with E-state index in [-0.39, 0.29) is 5.56 Å². The Morgan fingerprint density at radius 3 is 2.79 bits per heavy atom. The van der Waals surface area contributed by atoms with Gasteiger partial charge in [0.25, 0.3) is 5.56 Å². The van der Waals surface area contributed by atoms with Gasteiger partial charge >= 0.3 is 0 Å². The van der Waals surface area contributed by atoms with E-state index in [1.165, 1.54) is 6.20 Å². The van der Waals surface area contributed by atoms with E-state index in [0.29, 0.717) is 23.1 Å². The summed E-state index contributed by atoms with van der Waals surface area (Å²) in [4.78, 5) is 25.4. The minimum absolute atomic E-state index is 0.297. The molecular weight excluding hydrogens is 356 g/mol. The summed E-state index contributed by atoms with van der Waals surface area (Å²) in [5.41, 5.74) is 2.94. The Morgan fingerprint density at radius 1 is 1.07 bits per heavy atom. The lowest BCUT2D eigenvalue weighted by Gasteiger charge is -2.07. The Hall–Kier alpha value is -4.14. The molecule has 0 unspecified atom stereocenters. The molecule has 0 aliphatic heterocycles. The van der Waals surface area contributed by atoms with Gasteiger partial charge < -0.3 is 5.32 Å². The van der Waals surface area contributed by atoms with Crippen LogP contribution in [0.15, 0.2) is 59.7 Å². The first-order chi connectivity index (χ1) is 13.7. The molecule has 5 aromatic rings. The Kier molecular flexibility index (Phi) is 3.58. The Balaban J connectivity index is 1.78. The number of nitrogens with one attached hydrogen (secondary N) is 2. The Morgan fingerprint density at radius 2 is 1.93 bits per heavy atom. The summed E-state index contributed by atoms with van der Waals surface area (Å²) >= 11 is 0. The molecule has 136 valence electrons. The second-order valence-electron chi connectivity index (χ2n) is 6.21. The molecule has 4 aromatic heterocycles. The SMILES string of the molecule is Cc1[nH]ncc1-c1nc2c3ccccc3nc(Nc3ccccnc3=O)n2n1. The van der Waals surface area contributed by atoms with Crippen molar-refractivity contribution >= 4 is 28.2 Å². The van der Waals surface area contributed by atoms with Gasteiger partial charge in [-0.05, 0) is 31.2 Å². The van der Waals surface area contributed by atoms with Crippen LogP contribution in [0, 0.1) is 6.92 Å². The molecule has 0 amide bonds. The van der Waals surface area contributed by atoms with Crippen LogP contribution >= 0.6 is 0 Å². The first-order valence-electron chi connectivity index (χ1n) is 8.59. The molecule has 0 radical (unpaired) electrons. The molecule has 0 fully saturated rings. The summed E-state index contributed by atoms with van der Waals surface area (Å²) in [6.45, 7) is 1.91. The van der Waals surface area contributed by atoms with Crippen molar-refractivity contribution in [1.82, 2.24) is 34.8 Å². The molecule has 2 N–H and O–H groups in total. The van der Waals surface area contributed by atoms with Crippen molar-refractivity contribution in [3.63, 3.8) is 0 Å². The van der Waals surface area contributed by atoms with Gasteiger partial charge in [-0.25, -0.2) is 15.0 Å². The molecule has 4 heterocycles. The topological polar surface area (TPSA) is 114 Å². The van der Waals surface area contributed by atoms with Crippen LogP contribution in [0.25, 0.3) is 27.9 Å². The van der Waals surface area contributed by atoms with E-state index in [1.807, 2.05) is 31.2 Å². The van der Waals surface area contributed by atoms with Gasteiger partial charge in [-0.15, -0.1) is 5.10 Å². The van der Waals surface area contributed by atoms with Gasteiger partial charge in [0.05, 0.1) is 17.3 Å². The first-order valence-corrected chi connectivity index (χ1v) is 8.59. The van der Waals surface area contributed by atoms with Gasteiger partial charge in [0.15, 0.2) is 11.5 Å². The maximum atomic E-state index is 12.2. The molecule has 28 heavy (non-hydrogen) atoms. The second kappa shape index (κ2) is 6.23. The molecule has 9 nitrogen and oxygen atoms in total. The van der Waals surface area contributed by atoms with E-state index in [0.717, 1.165) is 22.2 Å². The van der Waals surface area contributed by atoms with Crippen molar-refractivity contribution in [2.45, 2.75) is 6.92 Å². The van der Waals surface area contributed by atoms with E-state index in [9.17, 15) is 4.79 Å².